The molecule has 2 aromatic carbocycles. The summed E-state index contributed by atoms with van der Waals surface area (Å²) in [5.41, 5.74) is 1.52. The van der Waals surface area contributed by atoms with Gasteiger partial charge in [-0.25, -0.2) is 4.39 Å². The number of carbonyl (C=O) groups is 2. The predicted octanol–water partition coefficient (Wildman–Crippen LogP) is 3.81. The molecule has 0 N–H and O–H groups in total. The van der Waals surface area contributed by atoms with Crippen LogP contribution in [0.15, 0.2) is 42.5 Å². The second kappa shape index (κ2) is 8.81. The van der Waals surface area contributed by atoms with E-state index in [-0.39, 0.29) is 29.6 Å². The number of nitrogens with zero attached hydrogens (tertiary/aromatic N) is 2. The van der Waals surface area contributed by atoms with Crippen molar-refractivity contribution >= 4 is 11.8 Å². The van der Waals surface area contributed by atoms with E-state index in [1.54, 1.807) is 4.90 Å². The molecular weight excluding hydrogens is 411 g/mol. The number of hydrogen-bond donors (Lipinski definition) is 0. The average molecular weight is 438 g/mol. The highest BCUT2D eigenvalue weighted by atomic mass is 19.1. The van der Waals surface area contributed by atoms with Crippen molar-refractivity contribution in [2.75, 3.05) is 32.8 Å². The average Bonchev–Trinajstić information content (AvgIpc) is 3.33. The van der Waals surface area contributed by atoms with Crippen molar-refractivity contribution < 1.29 is 23.5 Å². The van der Waals surface area contributed by atoms with Gasteiger partial charge in [-0.3, -0.25) is 9.59 Å². The molecule has 0 aromatic heterocycles. The normalized spacial score (nSPS) is 22.7. The molecule has 6 nitrogen and oxygen atoms in total. The molecule has 3 aliphatic heterocycles. The largest absolute Gasteiger partial charge is 0.486 e. The van der Waals surface area contributed by atoms with Gasteiger partial charge in [0.05, 0.1) is 12.0 Å². The fraction of sp³-hybridized carbons (Fsp3) is 0.440. The quantitative estimate of drug-likeness (QED) is 0.731. The zero-order valence-electron chi connectivity index (χ0n) is 18.0. The van der Waals surface area contributed by atoms with Crippen molar-refractivity contribution in [2.45, 2.75) is 31.7 Å². The van der Waals surface area contributed by atoms with Crippen LogP contribution in [-0.4, -0.2) is 54.5 Å². The minimum absolute atomic E-state index is 0.0153. The monoisotopic (exact) mass is 438 g/mol. The molecule has 0 radical (unpaired) electrons. The van der Waals surface area contributed by atoms with Gasteiger partial charge in [0.1, 0.15) is 19.0 Å². The topological polar surface area (TPSA) is 59.1 Å². The number of fused-ring (bicyclic) bond motifs is 1. The van der Waals surface area contributed by atoms with Crippen LogP contribution in [0.4, 0.5) is 4.39 Å². The Hall–Kier alpha value is -3.09. The van der Waals surface area contributed by atoms with Crippen molar-refractivity contribution in [1.29, 1.82) is 0 Å². The molecule has 168 valence electrons. The van der Waals surface area contributed by atoms with E-state index in [0.717, 1.165) is 49.3 Å². The number of halogens is 1. The molecule has 0 bridgehead atoms. The fourth-order valence-corrected chi connectivity index (χ4v) is 5.02. The molecule has 7 heteroatoms. The standard InChI is InChI=1S/C25H27FN2O4/c26-20-8-5-17(6-9-20)24(29)27-11-1-3-19(16-27)25(30)28-12-2-4-21(28)18-7-10-22-23(15-18)32-14-13-31-22/h5-10,15,19,21H,1-4,11-14,16H2. The van der Waals surface area contributed by atoms with Gasteiger partial charge in [-0.15, -0.1) is 0 Å². The van der Waals surface area contributed by atoms with Crippen LogP contribution in [0.25, 0.3) is 0 Å². The number of likely N-dealkylation sites (tertiary alicyclic amines) is 2. The van der Waals surface area contributed by atoms with Gasteiger partial charge in [0.25, 0.3) is 5.91 Å². The number of hydrogen-bond acceptors (Lipinski definition) is 4. The van der Waals surface area contributed by atoms with Crippen LogP contribution in [0.2, 0.25) is 0 Å². The Morgan fingerprint density at radius 1 is 0.906 bits per heavy atom. The van der Waals surface area contributed by atoms with Gasteiger partial charge in [0, 0.05) is 25.2 Å². The Kier molecular flexibility index (Phi) is 5.72. The van der Waals surface area contributed by atoms with Crippen molar-refractivity contribution in [3.05, 3.63) is 59.4 Å². The molecule has 2 saturated heterocycles. The van der Waals surface area contributed by atoms with Crippen LogP contribution in [0.3, 0.4) is 0 Å². The minimum Gasteiger partial charge on any atom is -0.486 e. The van der Waals surface area contributed by atoms with E-state index >= 15 is 0 Å². The Bertz CT molecular complexity index is 1010. The molecule has 32 heavy (non-hydrogen) atoms. The molecule has 0 aliphatic carbocycles. The number of benzene rings is 2. The third kappa shape index (κ3) is 4.04. The van der Waals surface area contributed by atoms with Crippen molar-refractivity contribution in [3.8, 4) is 11.5 Å². The maximum atomic E-state index is 13.5. The summed E-state index contributed by atoms with van der Waals surface area (Å²) in [6.45, 7) is 2.82. The first-order valence-corrected chi connectivity index (χ1v) is 11.3. The fourth-order valence-electron chi connectivity index (χ4n) is 5.02. The van der Waals surface area contributed by atoms with Gasteiger partial charge in [-0.05, 0) is 67.6 Å². The number of ether oxygens (including phenoxy) is 2. The molecular formula is C25H27FN2O4. The highest BCUT2D eigenvalue weighted by Gasteiger charge is 2.37. The predicted molar refractivity (Wildman–Crippen MR) is 116 cm³/mol. The van der Waals surface area contributed by atoms with Gasteiger partial charge < -0.3 is 19.3 Å². The number of amides is 2. The first kappa shape index (κ1) is 20.8. The molecule has 2 aromatic rings. The maximum absolute atomic E-state index is 13.5. The minimum atomic E-state index is -0.368. The molecule has 0 saturated carbocycles. The van der Waals surface area contributed by atoms with Gasteiger partial charge in [0.2, 0.25) is 5.91 Å². The van der Waals surface area contributed by atoms with Crippen LogP contribution in [0.5, 0.6) is 11.5 Å². The molecule has 3 aliphatic rings. The van der Waals surface area contributed by atoms with Crippen LogP contribution in [0.1, 0.15) is 47.6 Å². The van der Waals surface area contributed by atoms with E-state index in [9.17, 15) is 14.0 Å². The van der Waals surface area contributed by atoms with E-state index in [1.165, 1.54) is 24.3 Å². The van der Waals surface area contributed by atoms with Crippen molar-refractivity contribution in [1.82, 2.24) is 9.80 Å². The zero-order chi connectivity index (χ0) is 22.1. The highest BCUT2D eigenvalue weighted by Crippen LogP contribution is 2.39. The lowest BCUT2D eigenvalue weighted by Crippen LogP contribution is -2.46. The summed E-state index contributed by atoms with van der Waals surface area (Å²) in [5.74, 6) is 0.865. The first-order valence-electron chi connectivity index (χ1n) is 11.3. The lowest BCUT2D eigenvalue weighted by Gasteiger charge is -2.36. The van der Waals surface area contributed by atoms with Gasteiger partial charge in [0.15, 0.2) is 11.5 Å². The van der Waals surface area contributed by atoms with Crippen LogP contribution in [0, 0.1) is 11.7 Å². The molecule has 2 atom stereocenters. The van der Waals surface area contributed by atoms with Crippen molar-refractivity contribution in [3.63, 3.8) is 0 Å². The SMILES string of the molecule is O=C(c1ccc(F)cc1)N1CCCC(C(=O)N2CCCC2c2ccc3c(c2)OCCO3)C1. The maximum Gasteiger partial charge on any atom is 0.253 e. The first-order chi connectivity index (χ1) is 15.6. The molecule has 5 rings (SSSR count). The molecule has 2 fully saturated rings. The van der Waals surface area contributed by atoms with Gasteiger partial charge in [-0.1, -0.05) is 6.07 Å². The highest BCUT2D eigenvalue weighted by molar-refractivity contribution is 5.94. The summed E-state index contributed by atoms with van der Waals surface area (Å²) in [6, 6.07) is 11.5. The van der Waals surface area contributed by atoms with Gasteiger partial charge in [-0.2, -0.15) is 0 Å². The summed E-state index contributed by atoms with van der Waals surface area (Å²) in [4.78, 5) is 30.1. The van der Waals surface area contributed by atoms with Crippen LogP contribution < -0.4 is 9.47 Å². The number of piperidine rings is 1. The number of carbonyl (C=O) groups excluding carboxylic acids is 2. The lowest BCUT2D eigenvalue weighted by atomic mass is 9.94. The Labute approximate surface area is 186 Å². The third-order valence-corrected chi connectivity index (χ3v) is 6.64. The van der Waals surface area contributed by atoms with Gasteiger partial charge >= 0.3 is 0 Å². The van der Waals surface area contributed by atoms with E-state index < -0.39 is 0 Å². The Balaban J connectivity index is 1.29. The molecule has 0 spiro atoms. The van der Waals surface area contributed by atoms with E-state index in [1.807, 2.05) is 23.1 Å². The van der Waals surface area contributed by atoms with E-state index in [2.05, 4.69) is 0 Å². The summed E-state index contributed by atoms with van der Waals surface area (Å²) in [5, 5.41) is 0. The molecule has 3 heterocycles. The summed E-state index contributed by atoms with van der Waals surface area (Å²) in [6.07, 6.45) is 3.42. The van der Waals surface area contributed by atoms with Crippen LogP contribution in [-0.2, 0) is 4.79 Å². The van der Waals surface area contributed by atoms with Crippen LogP contribution >= 0.6 is 0 Å². The lowest BCUT2D eigenvalue weighted by molar-refractivity contribution is -0.138. The summed E-state index contributed by atoms with van der Waals surface area (Å²) in [7, 11) is 0. The third-order valence-electron chi connectivity index (χ3n) is 6.64. The summed E-state index contributed by atoms with van der Waals surface area (Å²) < 4.78 is 24.6. The second-order valence-electron chi connectivity index (χ2n) is 8.69. The van der Waals surface area contributed by atoms with E-state index in [4.69, 9.17) is 9.47 Å². The Morgan fingerprint density at radius 2 is 1.66 bits per heavy atom. The zero-order valence-corrected chi connectivity index (χ0v) is 18.0. The number of rotatable bonds is 3. The smallest absolute Gasteiger partial charge is 0.253 e. The Morgan fingerprint density at radius 3 is 2.47 bits per heavy atom. The second-order valence-corrected chi connectivity index (χ2v) is 8.69. The van der Waals surface area contributed by atoms with E-state index in [0.29, 0.717) is 31.9 Å². The molecule has 2 amide bonds. The molecule has 2 unspecified atom stereocenters. The summed E-state index contributed by atoms with van der Waals surface area (Å²) >= 11 is 0. The van der Waals surface area contributed by atoms with Crippen molar-refractivity contribution in [2.24, 2.45) is 5.92 Å².